The molecule has 0 spiro atoms. The number of amides is 1. The van der Waals surface area contributed by atoms with Crippen molar-refractivity contribution in [1.82, 2.24) is 5.32 Å². The molecule has 1 aliphatic rings. The number of carbonyl (C=O) groups excluding carboxylic acids is 1. The van der Waals surface area contributed by atoms with Crippen LogP contribution >= 0.6 is 0 Å². The summed E-state index contributed by atoms with van der Waals surface area (Å²) in [6.45, 7) is 3.00. The highest BCUT2D eigenvalue weighted by Crippen LogP contribution is 2.35. The van der Waals surface area contributed by atoms with Crippen molar-refractivity contribution in [1.29, 1.82) is 0 Å². The van der Waals surface area contributed by atoms with Crippen molar-refractivity contribution in [2.45, 2.75) is 30.8 Å². The monoisotopic (exact) mass is 415 g/mol. The summed E-state index contributed by atoms with van der Waals surface area (Å²) in [6.07, 6.45) is 1.27. The first kappa shape index (κ1) is 21.3. The Bertz CT molecular complexity index is 992. The van der Waals surface area contributed by atoms with Gasteiger partial charge in [-0.15, -0.1) is 0 Å². The average molecular weight is 416 g/mol. The third kappa shape index (κ3) is 4.55. The van der Waals surface area contributed by atoms with Crippen molar-refractivity contribution in [2.24, 2.45) is 0 Å². The first-order chi connectivity index (χ1) is 15.0. The van der Waals surface area contributed by atoms with E-state index >= 15 is 0 Å². The summed E-state index contributed by atoms with van der Waals surface area (Å²) in [4.78, 5) is 13.4. The van der Waals surface area contributed by atoms with Crippen LogP contribution in [0.1, 0.15) is 30.9 Å². The largest absolute Gasteiger partial charge is 0.384 e. The lowest BCUT2D eigenvalue weighted by atomic mass is 9.73. The molecule has 0 aliphatic carbocycles. The summed E-state index contributed by atoms with van der Waals surface area (Å²) in [6, 6.07) is 27.9. The number of aliphatic hydroxyl groups is 1. The van der Waals surface area contributed by atoms with Crippen LogP contribution in [0.5, 0.6) is 0 Å². The van der Waals surface area contributed by atoms with Crippen LogP contribution in [0.2, 0.25) is 0 Å². The molecule has 1 saturated heterocycles. The van der Waals surface area contributed by atoms with Gasteiger partial charge in [0.15, 0.2) is 0 Å². The lowest BCUT2D eigenvalue weighted by molar-refractivity contribution is -0.131. The van der Waals surface area contributed by atoms with E-state index in [2.05, 4.69) is 17.4 Å². The van der Waals surface area contributed by atoms with Crippen molar-refractivity contribution < 1.29 is 14.6 Å². The van der Waals surface area contributed by atoms with Crippen LogP contribution in [0.3, 0.4) is 0 Å². The minimum absolute atomic E-state index is 0.0526. The minimum atomic E-state index is -1.17. The van der Waals surface area contributed by atoms with Crippen LogP contribution in [-0.4, -0.2) is 30.8 Å². The molecule has 1 fully saturated rings. The maximum atomic E-state index is 13.4. The highest BCUT2D eigenvalue weighted by Gasteiger charge is 2.42. The van der Waals surface area contributed by atoms with Gasteiger partial charge in [0.1, 0.15) is 5.60 Å². The number of benzene rings is 3. The van der Waals surface area contributed by atoms with Gasteiger partial charge < -0.3 is 15.2 Å². The van der Waals surface area contributed by atoms with Gasteiger partial charge in [-0.1, -0.05) is 84.9 Å². The summed E-state index contributed by atoms with van der Waals surface area (Å²) >= 11 is 0. The summed E-state index contributed by atoms with van der Waals surface area (Å²) in [7, 11) is 0. The molecule has 4 heteroatoms. The number of nitrogens with one attached hydrogen (secondary N) is 1. The molecule has 3 aromatic carbocycles. The van der Waals surface area contributed by atoms with Crippen molar-refractivity contribution in [3.05, 3.63) is 96.1 Å². The van der Waals surface area contributed by atoms with E-state index < -0.39 is 11.0 Å². The third-order valence-corrected chi connectivity index (χ3v) is 6.31. The van der Waals surface area contributed by atoms with Crippen LogP contribution in [0.4, 0.5) is 0 Å². The van der Waals surface area contributed by atoms with E-state index in [0.717, 1.165) is 22.3 Å². The van der Waals surface area contributed by atoms with Crippen molar-refractivity contribution in [2.75, 3.05) is 19.8 Å². The molecular weight excluding hydrogens is 386 g/mol. The molecule has 1 heterocycles. The van der Waals surface area contributed by atoms with Crippen LogP contribution in [-0.2, 0) is 20.5 Å². The zero-order chi connectivity index (χ0) is 21.7. The quantitative estimate of drug-likeness (QED) is 0.626. The Balaban J connectivity index is 1.48. The van der Waals surface area contributed by atoms with Gasteiger partial charge in [-0.2, -0.15) is 0 Å². The molecule has 1 atom stereocenters. The van der Waals surface area contributed by atoms with Crippen molar-refractivity contribution >= 4 is 5.91 Å². The highest BCUT2D eigenvalue weighted by atomic mass is 16.5. The van der Waals surface area contributed by atoms with E-state index in [-0.39, 0.29) is 12.5 Å². The second kappa shape index (κ2) is 9.04. The lowest BCUT2D eigenvalue weighted by Gasteiger charge is -2.37. The normalized spacial score (nSPS) is 17.5. The Kier molecular flexibility index (Phi) is 6.21. The zero-order valence-corrected chi connectivity index (χ0v) is 17.9. The van der Waals surface area contributed by atoms with Crippen molar-refractivity contribution in [3.63, 3.8) is 0 Å². The van der Waals surface area contributed by atoms with Crippen LogP contribution < -0.4 is 5.32 Å². The average Bonchev–Trinajstić information content (AvgIpc) is 2.84. The van der Waals surface area contributed by atoms with Crippen LogP contribution in [0, 0.1) is 0 Å². The molecule has 160 valence electrons. The molecule has 1 aliphatic heterocycles. The first-order valence-corrected chi connectivity index (χ1v) is 10.8. The van der Waals surface area contributed by atoms with Gasteiger partial charge in [0, 0.05) is 13.2 Å². The van der Waals surface area contributed by atoms with Crippen LogP contribution in [0.15, 0.2) is 84.9 Å². The van der Waals surface area contributed by atoms with E-state index in [9.17, 15) is 9.90 Å². The lowest BCUT2D eigenvalue weighted by Crippen LogP contribution is -2.51. The van der Waals surface area contributed by atoms with E-state index in [1.165, 1.54) is 0 Å². The van der Waals surface area contributed by atoms with E-state index in [4.69, 9.17) is 4.74 Å². The molecule has 4 nitrogen and oxygen atoms in total. The van der Waals surface area contributed by atoms with Gasteiger partial charge in [0.05, 0.1) is 12.0 Å². The molecule has 4 rings (SSSR count). The molecule has 1 amide bonds. The number of ether oxygens (including phenoxy) is 1. The fraction of sp³-hybridized carbons (Fsp3) is 0.296. The van der Waals surface area contributed by atoms with E-state index in [1.54, 1.807) is 6.92 Å². The smallest absolute Gasteiger partial charge is 0.230 e. The highest BCUT2D eigenvalue weighted by molar-refractivity contribution is 5.88. The molecule has 0 bridgehead atoms. The van der Waals surface area contributed by atoms with Crippen LogP contribution in [0.25, 0.3) is 11.1 Å². The maximum Gasteiger partial charge on any atom is 0.230 e. The fourth-order valence-electron chi connectivity index (χ4n) is 4.30. The van der Waals surface area contributed by atoms with Gasteiger partial charge in [-0.05, 0) is 42.0 Å². The molecule has 2 N–H and O–H groups in total. The number of hydrogen-bond acceptors (Lipinski definition) is 3. The Labute approximate surface area is 183 Å². The summed E-state index contributed by atoms with van der Waals surface area (Å²) in [5, 5.41) is 14.1. The van der Waals surface area contributed by atoms with Gasteiger partial charge in [0.25, 0.3) is 0 Å². The summed E-state index contributed by atoms with van der Waals surface area (Å²) in [5.74, 6) is -0.0526. The second-order valence-electron chi connectivity index (χ2n) is 8.46. The molecule has 31 heavy (non-hydrogen) atoms. The maximum absolute atomic E-state index is 13.4. The van der Waals surface area contributed by atoms with E-state index in [1.807, 2.05) is 72.8 Å². The molecule has 3 aromatic rings. The predicted molar refractivity (Wildman–Crippen MR) is 123 cm³/mol. The Morgan fingerprint density at radius 2 is 1.45 bits per heavy atom. The minimum Gasteiger partial charge on any atom is -0.384 e. The second-order valence-corrected chi connectivity index (χ2v) is 8.46. The Morgan fingerprint density at radius 1 is 0.903 bits per heavy atom. The number of carbonyl (C=O) groups is 1. The van der Waals surface area contributed by atoms with E-state index in [0.29, 0.717) is 26.1 Å². The Morgan fingerprint density at radius 3 is 2.06 bits per heavy atom. The molecule has 0 aromatic heterocycles. The van der Waals surface area contributed by atoms with Gasteiger partial charge in [-0.25, -0.2) is 0 Å². The van der Waals surface area contributed by atoms with Gasteiger partial charge >= 0.3 is 0 Å². The van der Waals surface area contributed by atoms with Gasteiger partial charge in [-0.3, -0.25) is 4.79 Å². The fourth-order valence-corrected chi connectivity index (χ4v) is 4.30. The third-order valence-electron chi connectivity index (χ3n) is 6.31. The summed E-state index contributed by atoms with van der Waals surface area (Å²) < 4.78 is 5.53. The number of hydrogen-bond donors (Lipinski definition) is 2. The van der Waals surface area contributed by atoms with Crippen molar-refractivity contribution in [3.8, 4) is 11.1 Å². The standard InChI is InChI=1S/C27H29NO3/c1-26(30,23-14-12-22(13-15-23)21-8-4-2-5-9-21)20-28-25(29)27(16-18-31-19-17-27)24-10-6-3-7-11-24/h2-15,30H,16-20H2,1H3,(H,28,29)/t26-/m0/s1. The molecule has 0 unspecified atom stereocenters. The Hall–Kier alpha value is -2.95. The summed E-state index contributed by atoms with van der Waals surface area (Å²) in [5.41, 5.74) is 2.21. The zero-order valence-electron chi connectivity index (χ0n) is 17.9. The molecular formula is C27H29NO3. The SMILES string of the molecule is C[C@](O)(CNC(=O)C1(c2ccccc2)CCOCC1)c1ccc(-c2ccccc2)cc1. The van der Waals surface area contributed by atoms with Gasteiger partial charge in [0.2, 0.25) is 5.91 Å². The predicted octanol–water partition coefficient (Wildman–Crippen LogP) is 4.43. The molecule has 0 radical (unpaired) electrons. The number of rotatable bonds is 6. The molecule has 0 saturated carbocycles. The topological polar surface area (TPSA) is 58.6 Å². The first-order valence-electron chi connectivity index (χ1n) is 10.8.